The van der Waals surface area contributed by atoms with E-state index in [-0.39, 0.29) is 10.6 Å². The molecule has 0 spiro atoms. The van der Waals surface area contributed by atoms with Crippen LogP contribution in [0.15, 0.2) is 90.0 Å². The van der Waals surface area contributed by atoms with Crippen LogP contribution >= 0.6 is 0 Å². The summed E-state index contributed by atoms with van der Waals surface area (Å²) in [4.78, 5) is 11.9. The molecule has 0 bridgehead atoms. The summed E-state index contributed by atoms with van der Waals surface area (Å²) in [7, 11) is -1.91. The Hall–Kier alpha value is -4.90. The van der Waals surface area contributed by atoms with Crippen molar-refractivity contribution in [2.45, 2.75) is 11.8 Å². The van der Waals surface area contributed by atoms with Gasteiger partial charge in [-0.25, -0.2) is 17.9 Å². The summed E-state index contributed by atoms with van der Waals surface area (Å²) in [6, 6.07) is 23.3. The minimum Gasteiger partial charge on any atom is -0.495 e. The van der Waals surface area contributed by atoms with Crippen LogP contribution in [-0.2, 0) is 9.84 Å². The monoisotopic (exact) mass is 542 g/mol. The van der Waals surface area contributed by atoms with Crippen molar-refractivity contribution in [3.63, 3.8) is 0 Å². The van der Waals surface area contributed by atoms with Crippen molar-refractivity contribution in [2.75, 3.05) is 23.5 Å². The Kier molecular flexibility index (Phi) is 6.90. The molecule has 2 amide bonds. The molecule has 0 radical (unpaired) electrons. The Bertz CT molecular complexity index is 1790. The lowest BCUT2D eigenvalue weighted by molar-refractivity contribution is 0.259. The van der Waals surface area contributed by atoms with Crippen molar-refractivity contribution in [3.8, 4) is 22.6 Å². The average Bonchev–Trinajstić information content (AvgIpc) is 3.41. The van der Waals surface area contributed by atoms with Gasteiger partial charge >= 0.3 is 6.03 Å². The van der Waals surface area contributed by atoms with E-state index in [1.165, 1.54) is 19.2 Å². The highest BCUT2D eigenvalue weighted by atomic mass is 32.2. The second-order valence-electron chi connectivity index (χ2n) is 8.68. The summed E-state index contributed by atoms with van der Waals surface area (Å²) in [6.45, 7) is 1.59. The minimum absolute atomic E-state index is 0.0193. The molecule has 0 aliphatic carbocycles. The van der Waals surface area contributed by atoms with E-state index in [4.69, 9.17) is 10.5 Å². The van der Waals surface area contributed by atoms with E-state index in [0.717, 1.165) is 21.9 Å². The summed E-state index contributed by atoms with van der Waals surface area (Å²) in [5.74, 6) is 0.819. The van der Waals surface area contributed by atoms with Crippen molar-refractivity contribution >= 4 is 43.8 Å². The normalized spacial score (nSPS) is 11.3. The predicted molar refractivity (Wildman–Crippen MR) is 152 cm³/mol. The molecule has 1 aromatic heterocycles. The zero-order valence-corrected chi connectivity index (χ0v) is 22.1. The largest absolute Gasteiger partial charge is 0.495 e. The summed E-state index contributed by atoms with van der Waals surface area (Å²) < 4.78 is 31.7. The topological polar surface area (TPSA) is 141 Å². The molecule has 11 heteroatoms. The first kappa shape index (κ1) is 25.7. The van der Waals surface area contributed by atoms with Gasteiger partial charge in [0.25, 0.3) is 0 Å². The molecule has 0 aliphatic heterocycles. The number of carbonyl (C=O) groups excluding carboxylic acids is 1. The van der Waals surface area contributed by atoms with E-state index in [9.17, 15) is 13.2 Å². The van der Waals surface area contributed by atoms with Crippen LogP contribution in [0.25, 0.3) is 27.6 Å². The number of fused-ring (bicyclic) bond motifs is 1. The number of hydrogen-bond donors (Lipinski definition) is 3. The van der Waals surface area contributed by atoms with Crippen LogP contribution in [-0.4, -0.2) is 42.3 Å². The molecular weight excluding hydrogens is 516 g/mol. The second-order valence-corrected chi connectivity index (χ2v) is 11.0. The third-order valence-corrected chi connectivity index (χ3v) is 8.00. The molecule has 0 saturated heterocycles. The molecule has 0 unspecified atom stereocenters. The highest BCUT2D eigenvalue weighted by molar-refractivity contribution is 7.91. The van der Waals surface area contributed by atoms with Gasteiger partial charge in [-0.2, -0.15) is 0 Å². The average molecular weight is 543 g/mol. The molecule has 0 fully saturated rings. The summed E-state index contributed by atoms with van der Waals surface area (Å²) >= 11 is 0. The Balaban J connectivity index is 1.54. The van der Waals surface area contributed by atoms with E-state index in [1.54, 1.807) is 36.0 Å². The second kappa shape index (κ2) is 10.5. The molecule has 5 rings (SSSR count). The SMILES string of the molecule is CCS(=O)(=O)c1ccc(OC)c(Nc2cn(-c3ccc(NC(N)=O)c(-c4cccc5ccccc45)c3)nn2)c1. The number of nitrogens with one attached hydrogen (secondary N) is 2. The van der Waals surface area contributed by atoms with E-state index >= 15 is 0 Å². The Labute approximate surface area is 225 Å². The number of urea groups is 1. The fourth-order valence-electron chi connectivity index (χ4n) is 4.33. The molecule has 39 heavy (non-hydrogen) atoms. The maximum atomic E-state index is 12.4. The number of benzene rings is 4. The van der Waals surface area contributed by atoms with E-state index in [2.05, 4.69) is 20.9 Å². The highest BCUT2D eigenvalue weighted by Crippen LogP contribution is 2.36. The van der Waals surface area contributed by atoms with Crippen molar-refractivity contribution < 1.29 is 17.9 Å². The maximum absolute atomic E-state index is 12.4. The Morgan fingerprint density at radius 1 is 0.974 bits per heavy atom. The number of sulfone groups is 1. The number of rotatable bonds is 8. The van der Waals surface area contributed by atoms with Gasteiger partial charge in [0, 0.05) is 5.56 Å². The molecule has 10 nitrogen and oxygen atoms in total. The number of nitrogens with zero attached hydrogens (tertiary/aromatic N) is 3. The summed E-state index contributed by atoms with van der Waals surface area (Å²) in [5, 5.41) is 16.3. The zero-order chi connectivity index (χ0) is 27.6. The third kappa shape index (κ3) is 5.25. The van der Waals surface area contributed by atoms with Gasteiger partial charge in [-0.1, -0.05) is 54.6 Å². The van der Waals surface area contributed by atoms with Crippen LogP contribution in [0.5, 0.6) is 5.75 Å². The van der Waals surface area contributed by atoms with Gasteiger partial charge in [0.1, 0.15) is 5.75 Å². The number of hydrogen-bond acceptors (Lipinski definition) is 7. The lowest BCUT2D eigenvalue weighted by Gasteiger charge is -2.14. The van der Waals surface area contributed by atoms with Crippen molar-refractivity contribution in [1.29, 1.82) is 0 Å². The highest BCUT2D eigenvalue weighted by Gasteiger charge is 2.17. The van der Waals surface area contributed by atoms with Crippen LogP contribution in [0.1, 0.15) is 6.92 Å². The number of ether oxygens (including phenoxy) is 1. The van der Waals surface area contributed by atoms with Crippen LogP contribution < -0.4 is 21.1 Å². The zero-order valence-electron chi connectivity index (χ0n) is 21.3. The maximum Gasteiger partial charge on any atom is 0.316 e. The molecule has 0 atom stereocenters. The smallest absolute Gasteiger partial charge is 0.316 e. The van der Waals surface area contributed by atoms with Gasteiger partial charge < -0.3 is 21.1 Å². The van der Waals surface area contributed by atoms with E-state index in [0.29, 0.717) is 28.6 Å². The number of aromatic nitrogens is 3. The first-order valence-corrected chi connectivity index (χ1v) is 13.7. The van der Waals surface area contributed by atoms with Crippen LogP contribution in [0.3, 0.4) is 0 Å². The molecule has 4 N–H and O–H groups in total. The molecule has 4 aromatic carbocycles. The Morgan fingerprint density at radius 2 is 1.77 bits per heavy atom. The molecule has 198 valence electrons. The number of primary amides is 1. The first-order valence-electron chi connectivity index (χ1n) is 12.1. The molecule has 1 heterocycles. The van der Waals surface area contributed by atoms with Gasteiger partial charge in [-0.15, -0.1) is 5.10 Å². The first-order chi connectivity index (χ1) is 18.8. The van der Waals surface area contributed by atoms with Crippen molar-refractivity contribution in [3.05, 3.63) is 85.1 Å². The van der Waals surface area contributed by atoms with Gasteiger partial charge in [0.05, 0.1) is 41.0 Å². The van der Waals surface area contributed by atoms with Gasteiger partial charge in [0.15, 0.2) is 15.7 Å². The molecular formula is C28H26N6O4S. The van der Waals surface area contributed by atoms with Gasteiger partial charge in [-0.05, 0) is 52.7 Å². The standard InChI is InChI=1S/C28H26N6O4S/c1-3-39(36,37)20-12-14-26(38-2)25(16-20)30-27-17-34(33-32-27)19-11-13-24(31-28(29)35)23(15-19)22-10-6-8-18-7-4-5-9-21(18)22/h4-17,30H,3H2,1-2H3,(H3,29,31,35). The number of methoxy groups -OCH3 is 1. The quantitative estimate of drug-likeness (QED) is 0.247. The minimum atomic E-state index is -3.41. The predicted octanol–water partition coefficient (Wildman–Crippen LogP) is 5.12. The fraction of sp³-hybridized carbons (Fsp3) is 0.107. The molecule has 0 aliphatic rings. The van der Waals surface area contributed by atoms with Crippen molar-refractivity contribution in [1.82, 2.24) is 15.0 Å². The van der Waals surface area contributed by atoms with Crippen LogP contribution in [0.2, 0.25) is 0 Å². The van der Waals surface area contributed by atoms with Crippen LogP contribution in [0.4, 0.5) is 22.0 Å². The van der Waals surface area contributed by atoms with E-state index < -0.39 is 15.9 Å². The number of anilines is 3. The van der Waals surface area contributed by atoms with Gasteiger partial charge in [-0.3, -0.25) is 0 Å². The Morgan fingerprint density at radius 3 is 2.54 bits per heavy atom. The number of carbonyl (C=O) groups is 1. The van der Waals surface area contributed by atoms with E-state index in [1.807, 2.05) is 48.5 Å². The third-order valence-electron chi connectivity index (χ3n) is 6.27. The fourth-order valence-corrected chi connectivity index (χ4v) is 5.24. The molecule has 5 aromatic rings. The lowest BCUT2D eigenvalue weighted by Crippen LogP contribution is -2.19. The summed E-state index contributed by atoms with van der Waals surface area (Å²) in [6.07, 6.45) is 1.67. The summed E-state index contributed by atoms with van der Waals surface area (Å²) in [5.41, 5.74) is 8.80. The number of nitrogens with two attached hydrogens (primary N) is 1. The van der Waals surface area contributed by atoms with Gasteiger partial charge in [0.2, 0.25) is 0 Å². The van der Waals surface area contributed by atoms with Crippen LogP contribution in [0, 0.1) is 0 Å². The lowest BCUT2D eigenvalue weighted by atomic mass is 9.96. The number of amides is 2. The molecule has 0 saturated carbocycles. The van der Waals surface area contributed by atoms with Crippen molar-refractivity contribution in [2.24, 2.45) is 5.73 Å².